The molecule has 0 N–H and O–H groups in total. The minimum Gasteiger partial charge on any atom is -0.281 e. The van der Waals surface area contributed by atoms with E-state index in [1.807, 2.05) is 24.3 Å². The first-order valence-electron chi connectivity index (χ1n) is 9.12. The SMILES string of the molecule is S=c1c2cc(-c3ccccc3)sc2c2cccc3nc(-c4ccccc4)n1c32. The van der Waals surface area contributed by atoms with Gasteiger partial charge in [0.2, 0.25) is 0 Å². The highest BCUT2D eigenvalue weighted by molar-refractivity contribution is 7.71. The lowest BCUT2D eigenvalue weighted by Crippen LogP contribution is -1.92. The number of fused-ring (bicyclic) bond motifs is 2. The molecule has 0 aliphatic heterocycles. The highest BCUT2D eigenvalue weighted by Crippen LogP contribution is 2.40. The minimum atomic E-state index is 0.827. The summed E-state index contributed by atoms with van der Waals surface area (Å²) in [6, 6.07) is 29.4. The highest BCUT2D eigenvalue weighted by Gasteiger charge is 2.18. The smallest absolute Gasteiger partial charge is 0.146 e. The second-order valence-electron chi connectivity index (χ2n) is 6.83. The third-order valence-electron chi connectivity index (χ3n) is 5.18. The lowest BCUT2D eigenvalue weighted by molar-refractivity contribution is 1.16. The van der Waals surface area contributed by atoms with Crippen LogP contribution in [0.15, 0.2) is 84.9 Å². The Morgan fingerprint density at radius 2 is 1.46 bits per heavy atom. The van der Waals surface area contributed by atoms with Crippen molar-refractivity contribution in [2.75, 3.05) is 0 Å². The van der Waals surface area contributed by atoms with Crippen molar-refractivity contribution in [2.24, 2.45) is 0 Å². The number of rotatable bonds is 2. The van der Waals surface area contributed by atoms with Gasteiger partial charge in [-0.15, -0.1) is 11.3 Å². The van der Waals surface area contributed by atoms with E-state index in [2.05, 4.69) is 65.1 Å². The average molecular weight is 395 g/mol. The minimum absolute atomic E-state index is 0.827. The molecule has 6 aromatic rings. The second kappa shape index (κ2) is 5.96. The van der Waals surface area contributed by atoms with Crippen molar-refractivity contribution >= 4 is 50.1 Å². The molecule has 3 aromatic carbocycles. The summed E-state index contributed by atoms with van der Waals surface area (Å²) in [5.74, 6) is 0.908. The molecule has 4 heteroatoms. The van der Waals surface area contributed by atoms with Gasteiger partial charge in [-0.1, -0.05) is 85.0 Å². The number of hydrogen-bond acceptors (Lipinski definition) is 3. The van der Waals surface area contributed by atoms with E-state index in [4.69, 9.17) is 17.2 Å². The Morgan fingerprint density at radius 1 is 0.750 bits per heavy atom. The maximum atomic E-state index is 5.98. The Kier molecular flexibility index (Phi) is 3.39. The molecule has 2 nitrogen and oxygen atoms in total. The summed E-state index contributed by atoms with van der Waals surface area (Å²) in [5, 5.41) is 2.33. The van der Waals surface area contributed by atoms with Gasteiger partial charge in [0, 0.05) is 25.9 Å². The predicted molar refractivity (Wildman–Crippen MR) is 121 cm³/mol. The molecule has 0 unspecified atom stereocenters. The van der Waals surface area contributed by atoms with Crippen LogP contribution in [0.2, 0.25) is 0 Å². The summed E-state index contributed by atoms with van der Waals surface area (Å²) in [6.45, 7) is 0. The van der Waals surface area contributed by atoms with Crippen molar-refractivity contribution in [1.82, 2.24) is 9.38 Å². The van der Waals surface area contributed by atoms with Gasteiger partial charge in [-0.3, -0.25) is 4.40 Å². The molecule has 3 aromatic heterocycles. The van der Waals surface area contributed by atoms with Gasteiger partial charge in [0.15, 0.2) is 0 Å². The first-order valence-corrected chi connectivity index (χ1v) is 10.3. The van der Waals surface area contributed by atoms with Crippen molar-refractivity contribution in [2.45, 2.75) is 0 Å². The summed E-state index contributed by atoms with van der Waals surface area (Å²) in [4.78, 5) is 6.17. The van der Waals surface area contributed by atoms with Crippen LogP contribution >= 0.6 is 23.6 Å². The Bertz CT molecular complexity index is 1510. The summed E-state index contributed by atoms with van der Waals surface area (Å²) in [5.41, 5.74) is 4.40. The molecule has 0 atom stereocenters. The molecular formula is C24H14N2S2. The number of pyridine rings is 1. The van der Waals surface area contributed by atoms with Crippen LogP contribution < -0.4 is 0 Å². The number of benzene rings is 3. The average Bonchev–Trinajstić information content (AvgIpc) is 3.37. The van der Waals surface area contributed by atoms with Gasteiger partial charge in [0.25, 0.3) is 0 Å². The van der Waals surface area contributed by atoms with Crippen LogP contribution in [0, 0.1) is 4.64 Å². The molecule has 0 fully saturated rings. The van der Waals surface area contributed by atoms with E-state index in [-0.39, 0.29) is 0 Å². The van der Waals surface area contributed by atoms with E-state index in [0.717, 1.165) is 32.4 Å². The summed E-state index contributed by atoms with van der Waals surface area (Å²) in [7, 11) is 0. The zero-order valence-corrected chi connectivity index (χ0v) is 16.4. The van der Waals surface area contributed by atoms with E-state index < -0.39 is 0 Å². The Labute approximate surface area is 170 Å². The number of hydrogen-bond donors (Lipinski definition) is 0. The van der Waals surface area contributed by atoms with Gasteiger partial charge in [0.05, 0.1) is 11.0 Å². The van der Waals surface area contributed by atoms with Crippen molar-refractivity contribution < 1.29 is 0 Å². The number of para-hydroxylation sites is 1. The molecule has 0 bridgehead atoms. The molecule has 0 radical (unpaired) electrons. The molecule has 0 aliphatic carbocycles. The summed E-state index contributed by atoms with van der Waals surface area (Å²) in [6.07, 6.45) is 0. The maximum absolute atomic E-state index is 5.98. The lowest BCUT2D eigenvalue weighted by atomic mass is 10.1. The summed E-state index contributed by atoms with van der Waals surface area (Å²) < 4.78 is 4.22. The Morgan fingerprint density at radius 3 is 2.21 bits per heavy atom. The zero-order valence-electron chi connectivity index (χ0n) is 14.8. The van der Waals surface area contributed by atoms with Crippen LogP contribution in [-0.4, -0.2) is 9.38 Å². The van der Waals surface area contributed by atoms with Crippen molar-refractivity contribution in [1.29, 1.82) is 0 Å². The van der Waals surface area contributed by atoms with Gasteiger partial charge in [0.1, 0.15) is 10.5 Å². The third kappa shape index (κ3) is 2.19. The van der Waals surface area contributed by atoms with Crippen LogP contribution in [0.5, 0.6) is 0 Å². The summed E-state index contributed by atoms with van der Waals surface area (Å²) >= 11 is 7.79. The van der Waals surface area contributed by atoms with E-state index in [9.17, 15) is 0 Å². The quantitative estimate of drug-likeness (QED) is 0.289. The van der Waals surface area contributed by atoms with Crippen LogP contribution in [0.25, 0.3) is 48.3 Å². The fourth-order valence-corrected chi connectivity index (χ4v) is 5.50. The van der Waals surface area contributed by atoms with E-state index in [0.29, 0.717) is 0 Å². The van der Waals surface area contributed by atoms with Crippen molar-refractivity contribution in [3.8, 4) is 21.8 Å². The molecular weight excluding hydrogens is 380 g/mol. The molecule has 3 heterocycles. The molecule has 28 heavy (non-hydrogen) atoms. The molecule has 0 aliphatic rings. The second-order valence-corrected chi connectivity index (χ2v) is 8.27. The van der Waals surface area contributed by atoms with Gasteiger partial charge in [-0.2, -0.15) is 0 Å². The largest absolute Gasteiger partial charge is 0.281 e. The first-order chi connectivity index (χ1) is 13.8. The Hall–Kier alpha value is -3.08. The van der Waals surface area contributed by atoms with Crippen LogP contribution in [0.4, 0.5) is 0 Å². The number of aromatic nitrogens is 2. The first kappa shape index (κ1) is 15.9. The van der Waals surface area contributed by atoms with Crippen LogP contribution in [0.1, 0.15) is 0 Å². The zero-order chi connectivity index (χ0) is 18.7. The third-order valence-corrected chi connectivity index (χ3v) is 6.80. The van der Waals surface area contributed by atoms with E-state index in [1.165, 1.54) is 20.5 Å². The van der Waals surface area contributed by atoms with E-state index in [1.54, 1.807) is 11.3 Å². The fraction of sp³-hybridized carbons (Fsp3) is 0. The maximum Gasteiger partial charge on any atom is 0.146 e. The molecule has 0 amide bonds. The predicted octanol–water partition coefficient (Wildman–Crippen LogP) is 7.20. The molecule has 0 saturated heterocycles. The van der Waals surface area contributed by atoms with E-state index >= 15 is 0 Å². The van der Waals surface area contributed by atoms with Gasteiger partial charge >= 0.3 is 0 Å². The van der Waals surface area contributed by atoms with Crippen molar-refractivity contribution in [3.05, 3.63) is 89.6 Å². The standard InChI is InChI=1S/C24H14N2S2/c27-24-18-14-20(15-8-3-1-4-9-15)28-22(18)17-12-7-13-19-21(17)26(24)23(25-19)16-10-5-2-6-11-16/h1-14H. The topological polar surface area (TPSA) is 17.3 Å². The molecule has 0 saturated carbocycles. The Balaban J connectivity index is 1.78. The number of thiophene rings is 1. The highest BCUT2D eigenvalue weighted by atomic mass is 32.1. The molecule has 132 valence electrons. The van der Waals surface area contributed by atoms with Gasteiger partial charge < -0.3 is 0 Å². The van der Waals surface area contributed by atoms with Crippen LogP contribution in [-0.2, 0) is 0 Å². The molecule has 0 spiro atoms. The van der Waals surface area contributed by atoms with Gasteiger partial charge in [-0.05, 0) is 17.7 Å². The lowest BCUT2D eigenvalue weighted by Gasteiger charge is -2.05. The fourth-order valence-electron chi connectivity index (χ4n) is 3.90. The number of imidazole rings is 1. The van der Waals surface area contributed by atoms with Crippen molar-refractivity contribution in [3.63, 3.8) is 0 Å². The monoisotopic (exact) mass is 394 g/mol. The molecule has 6 rings (SSSR count). The van der Waals surface area contributed by atoms with Crippen LogP contribution in [0.3, 0.4) is 0 Å². The van der Waals surface area contributed by atoms with Gasteiger partial charge in [-0.25, -0.2) is 4.98 Å². The normalized spacial score (nSPS) is 11.7. The number of nitrogens with zero attached hydrogens (tertiary/aromatic N) is 2.